The quantitative estimate of drug-likeness (QED) is 0.828. The summed E-state index contributed by atoms with van der Waals surface area (Å²) in [7, 11) is 1.58. The van der Waals surface area contributed by atoms with Crippen LogP contribution in [0.5, 0.6) is 11.8 Å². The number of hydrogen-bond acceptors (Lipinski definition) is 5. The molecule has 0 aromatic carbocycles. The van der Waals surface area contributed by atoms with Crippen molar-refractivity contribution in [2.24, 2.45) is 11.7 Å². The highest BCUT2D eigenvalue weighted by molar-refractivity contribution is 5.75. The fourth-order valence-electron chi connectivity index (χ4n) is 2.44. The molecule has 2 heterocycles. The molecule has 1 saturated heterocycles. The largest absolute Gasteiger partial charge is 0.481 e. The molecule has 20 heavy (non-hydrogen) atoms. The van der Waals surface area contributed by atoms with Crippen LogP contribution in [0.25, 0.3) is 0 Å². The number of nitrogens with zero attached hydrogens (tertiary/aromatic N) is 2. The van der Waals surface area contributed by atoms with E-state index in [1.165, 1.54) is 0 Å². The fourth-order valence-corrected chi connectivity index (χ4v) is 2.44. The van der Waals surface area contributed by atoms with E-state index in [2.05, 4.69) is 9.88 Å². The van der Waals surface area contributed by atoms with Gasteiger partial charge in [0.25, 0.3) is 0 Å². The predicted molar refractivity (Wildman–Crippen MR) is 74.6 cm³/mol. The SMILES string of the molecule is COc1cccc(OCC2CCCN(CC(N)=O)C2)n1. The number of aromatic nitrogens is 1. The molecule has 1 aromatic heterocycles. The third-order valence-electron chi connectivity index (χ3n) is 3.36. The molecule has 1 aliphatic rings. The Morgan fingerprint density at radius 1 is 1.50 bits per heavy atom. The van der Waals surface area contributed by atoms with Gasteiger partial charge in [-0.05, 0) is 19.4 Å². The van der Waals surface area contributed by atoms with Gasteiger partial charge in [0.1, 0.15) is 0 Å². The lowest BCUT2D eigenvalue weighted by atomic mass is 9.99. The summed E-state index contributed by atoms with van der Waals surface area (Å²) >= 11 is 0. The van der Waals surface area contributed by atoms with E-state index in [-0.39, 0.29) is 5.91 Å². The maximum atomic E-state index is 10.9. The molecular formula is C14H21N3O3. The Morgan fingerprint density at radius 2 is 2.30 bits per heavy atom. The average molecular weight is 279 g/mol. The van der Waals surface area contributed by atoms with Gasteiger partial charge in [-0.2, -0.15) is 4.98 Å². The highest BCUT2D eigenvalue weighted by atomic mass is 16.5. The molecule has 6 heteroatoms. The van der Waals surface area contributed by atoms with Crippen molar-refractivity contribution >= 4 is 5.91 Å². The van der Waals surface area contributed by atoms with Crippen molar-refractivity contribution in [3.63, 3.8) is 0 Å². The molecule has 0 aliphatic carbocycles. The molecule has 0 radical (unpaired) electrons. The summed E-state index contributed by atoms with van der Waals surface area (Å²) in [4.78, 5) is 17.2. The zero-order chi connectivity index (χ0) is 14.4. The van der Waals surface area contributed by atoms with Gasteiger partial charge in [0.2, 0.25) is 17.7 Å². The molecule has 1 atom stereocenters. The Balaban J connectivity index is 1.82. The van der Waals surface area contributed by atoms with Crippen molar-refractivity contribution in [3.05, 3.63) is 18.2 Å². The van der Waals surface area contributed by atoms with Crippen molar-refractivity contribution in [1.82, 2.24) is 9.88 Å². The minimum atomic E-state index is -0.277. The number of amides is 1. The standard InChI is InChI=1S/C14H21N3O3/c1-19-13-5-2-6-14(16-13)20-10-11-4-3-7-17(8-11)9-12(15)18/h2,5-6,11H,3-4,7-10H2,1H3,(H2,15,18). The van der Waals surface area contributed by atoms with E-state index < -0.39 is 0 Å². The van der Waals surface area contributed by atoms with E-state index in [4.69, 9.17) is 15.2 Å². The van der Waals surface area contributed by atoms with Gasteiger partial charge in [-0.15, -0.1) is 0 Å². The normalized spacial score (nSPS) is 19.6. The van der Waals surface area contributed by atoms with Crippen LogP contribution < -0.4 is 15.2 Å². The molecule has 6 nitrogen and oxygen atoms in total. The molecule has 0 saturated carbocycles. The van der Waals surface area contributed by atoms with Gasteiger partial charge in [0, 0.05) is 24.6 Å². The smallest absolute Gasteiger partial charge is 0.231 e. The van der Waals surface area contributed by atoms with E-state index in [0.29, 0.717) is 30.8 Å². The van der Waals surface area contributed by atoms with Crippen LogP contribution >= 0.6 is 0 Å². The number of nitrogens with two attached hydrogens (primary N) is 1. The number of carbonyl (C=O) groups is 1. The van der Waals surface area contributed by atoms with Crippen LogP contribution in [-0.2, 0) is 4.79 Å². The molecule has 0 spiro atoms. The van der Waals surface area contributed by atoms with Crippen molar-refractivity contribution < 1.29 is 14.3 Å². The van der Waals surface area contributed by atoms with Crippen LogP contribution in [0.4, 0.5) is 0 Å². The summed E-state index contributed by atoms with van der Waals surface area (Å²) in [6.45, 7) is 2.69. The highest BCUT2D eigenvalue weighted by Crippen LogP contribution is 2.19. The second-order valence-corrected chi connectivity index (χ2v) is 5.04. The number of likely N-dealkylation sites (tertiary alicyclic amines) is 1. The van der Waals surface area contributed by atoms with Gasteiger partial charge in [0.05, 0.1) is 20.3 Å². The van der Waals surface area contributed by atoms with E-state index in [0.717, 1.165) is 25.9 Å². The summed E-state index contributed by atoms with van der Waals surface area (Å²) in [5.74, 6) is 1.23. The molecule has 1 aromatic rings. The predicted octanol–water partition coefficient (Wildman–Crippen LogP) is 0.666. The van der Waals surface area contributed by atoms with Crippen molar-refractivity contribution in [3.8, 4) is 11.8 Å². The van der Waals surface area contributed by atoms with Gasteiger partial charge in [-0.25, -0.2) is 0 Å². The molecule has 0 bridgehead atoms. The minimum absolute atomic E-state index is 0.277. The highest BCUT2D eigenvalue weighted by Gasteiger charge is 2.21. The Kier molecular flexibility index (Phi) is 5.17. The van der Waals surface area contributed by atoms with Crippen LogP contribution in [0.2, 0.25) is 0 Å². The van der Waals surface area contributed by atoms with Crippen LogP contribution in [0, 0.1) is 5.92 Å². The second kappa shape index (κ2) is 7.09. The molecule has 1 unspecified atom stereocenters. The number of carbonyl (C=O) groups excluding carboxylic acids is 1. The summed E-state index contributed by atoms with van der Waals surface area (Å²) in [6, 6.07) is 5.44. The number of ether oxygens (including phenoxy) is 2. The number of hydrogen-bond donors (Lipinski definition) is 1. The van der Waals surface area contributed by atoms with Crippen molar-refractivity contribution in [2.45, 2.75) is 12.8 Å². The summed E-state index contributed by atoms with van der Waals surface area (Å²) in [6.07, 6.45) is 2.16. The third kappa shape index (κ3) is 4.38. The van der Waals surface area contributed by atoms with Gasteiger partial charge in [-0.3, -0.25) is 9.69 Å². The topological polar surface area (TPSA) is 77.7 Å². The fraction of sp³-hybridized carbons (Fsp3) is 0.571. The average Bonchev–Trinajstić information content (AvgIpc) is 2.45. The number of methoxy groups -OCH3 is 1. The van der Waals surface area contributed by atoms with Crippen LogP contribution in [0.1, 0.15) is 12.8 Å². The van der Waals surface area contributed by atoms with Gasteiger partial charge < -0.3 is 15.2 Å². The first-order chi connectivity index (χ1) is 9.67. The summed E-state index contributed by atoms with van der Waals surface area (Å²) < 4.78 is 10.8. The van der Waals surface area contributed by atoms with E-state index in [9.17, 15) is 4.79 Å². The van der Waals surface area contributed by atoms with Crippen LogP contribution in [0.15, 0.2) is 18.2 Å². The Bertz CT molecular complexity index is 453. The summed E-state index contributed by atoms with van der Waals surface area (Å²) in [5, 5.41) is 0. The molecule has 2 rings (SSSR count). The second-order valence-electron chi connectivity index (χ2n) is 5.04. The van der Waals surface area contributed by atoms with Gasteiger partial charge >= 0.3 is 0 Å². The Labute approximate surface area is 118 Å². The first-order valence-electron chi connectivity index (χ1n) is 6.82. The van der Waals surface area contributed by atoms with Crippen LogP contribution in [-0.4, -0.2) is 49.1 Å². The molecule has 1 fully saturated rings. The van der Waals surface area contributed by atoms with E-state index in [1.54, 1.807) is 13.2 Å². The molecular weight excluding hydrogens is 258 g/mol. The van der Waals surface area contributed by atoms with E-state index >= 15 is 0 Å². The number of piperidine rings is 1. The molecule has 110 valence electrons. The Morgan fingerprint density at radius 3 is 3.05 bits per heavy atom. The zero-order valence-corrected chi connectivity index (χ0v) is 11.7. The third-order valence-corrected chi connectivity index (χ3v) is 3.36. The first kappa shape index (κ1) is 14.6. The van der Waals surface area contributed by atoms with Crippen molar-refractivity contribution in [2.75, 3.05) is 33.4 Å². The van der Waals surface area contributed by atoms with Gasteiger partial charge in [-0.1, -0.05) is 6.07 Å². The Hall–Kier alpha value is -1.82. The lowest BCUT2D eigenvalue weighted by Gasteiger charge is -2.31. The zero-order valence-electron chi connectivity index (χ0n) is 11.7. The van der Waals surface area contributed by atoms with E-state index in [1.807, 2.05) is 12.1 Å². The number of rotatable bonds is 6. The summed E-state index contributed by atoms with van der Waals surface area (Å²) in [5.41, 5.74) is 5.23. The number of pyridine rings is 1. The maximum absolute atomic E-state index is 10.9. The molecule has 1 amide bonds. The molecule has 2 N–H and O–H groups in total. The van der Waals surface area contributed by atoms with Gasteiger partial charge in [0.15, 0.2) is 0 Å². The minimum Gasteiger partial charge on any atom is -0.481 e. The maximum Gasteiger partial charge on any atom is 0.231 e. The number of primary amides is 1. The van der Waals surface area contributed by atoms with Crippen LogP contribution in [0.3, 0.4) is 0 Å². The molecule has 1 aliphatic heterocycles. The lowest BCUT2D eigenvalue weighted by Crippen LogP contribution is -2.42. The lowest BCUT2D eigenvalue weighted by molar-refractivity contribution is -0.119. The first-order valence-corrected chi connectivity index (χ1v) is 6.82. The monoisotopic (exact) mass is 279 g/mol. The van der Waals surface area contributed by atoms with Crippen molar-refractivity contribution in [1.29, 1.82) is 0 Å².